The summed E-state index contributed by atoms with van der Waals surface area (Å²) in [6, 6.07) is 8.08. The highest BCUT2D eigenvalue weighted by Crippen LogP contribution is 2.62. The van der Waals surface area contributed by atoms with Crippen molar-refractivity contribution in [1.82, 2.24) is 0 Å². The van der Waals surface area contributed by atoms with Crippen molar-refractivity contribution in [2.24, 2.45) is 23.2 Å². The van der Waals surface area contributed by atoms with E-state index in [1.54, 1.807) is 14.0 Å². The smallest absolute Gasteiger partial charge is 0.308 e. The zero-order valence-electron chi connectivity index (χ0n) is 15.7. The highest BCUT2D eigenvalue weighted by atomic mass is 16.5. The minimum atomic E-state index is -0.661. The van der Waals surface area contributed by atoms with E-state index in [1.165, 1.54) is 5.56 Å². The number of carbonyl (C=O) groups excluding carboxylic acids is 1. The van der Waals surface area contributed by atoms with Crippen LogP contribution in [0.2, 0.25) is 0 Å². The lowest BCUT2D eigenvalue weighted by molar-refractivity contribution is -0.199. The lowest BCUT2D eigenvalue weighted by Crippen LogP contribution is -2.59. The number of fused-ring (bicyclic) bond motifs is 2. The van der Waals surface area contributed by atoms with Crippen LogP contribution in [0.1, 0.15) is 45.6 Å². The van der Waals surface area contributed by atoms with Crippen LogP contribution in [0.25, 0.3) is 0 Å². The maximum atomic E-state index is 12.2. The van der Waals surface area contributed by atoms with Gasteiger partial charge < -0.3 is 14.6 Å². The fourth-order valence-electron chi connectivity index (χ4n) is 4.81. The first-order chi connectivity index (χ1) is 11.8. The van der Waals surface area contributed by atoms with Gasteiger partial charge >= 0.3 is 5.97 Å². The average molecular weight is 346 g/mol. The van der Waals surface area contributed by atoms with Crippen LogP contribution < -0.4 is 4.74 Å². The molecule has 0 saturated heterocycles. The molecule has 0 aromatic heterocycles. The van der Waals surface area contributed by atoms with Crippen LogP contribution in [0, 0.1) is 23.2 Å². The second-order valence-electron chi connectivity index (χ2n) is 8.38. The first-order valence-electron chi connectivity index (χ1n) is 9.32. The van der Waals surface area contributed by atoms with Crippen molar-refractivity contribution in [3.8, 4) is 5.75 Å². The van der Waals surface area contributed by atoms with Crippen LogP contribution in [-0.2, 0) is 16.0 Å². The van der Waals surface area contributed by atoms with E-state index in [2.05, 4.69) is 19.9 Å². The largest absolute Gasteiger partial charge is 0.496 e. The maximum Gasteiger partial charge on any atom is 0.308 e. The van der Waals surface area contributed by atoms with Gasteiger partial charge in [-0.1, -0.05) is 32.0 Å². The third-order valence-corrected chi connectivity index (χ3v) is 6.40. The molecule has 4 nitrogen and oxygen atoms in total. The summed E-state index contributed by atoms with van der Waals surface area (Å²) in [5.74, 6) is 2.03. The van der Waals surface area contributed by atoms with Crippen LogP contribution in [0.4, 0.5) is 0 Å². The lowest BCUT2D eigenvalue weighted by atomic mass is 9.45. The summed E-state index contributed by atoms with van der Waals surface area (Å²) < 4.78 is 11.4. The molecule has 0 spiro atoms. The van der Waals surface area contributed by atoms with Gasteiger partial charge in [0.1, 0.15) is 11.9 Å². The van der Waals surface area contributed by atoms with Crippen molar-refractivity contribution in [2.45, 2.75) is 58.7 Å². The Morgan fingerprint density at radius 3 is 2.68 bits per heavy atom. The van der Waals surface area contributed by atoms with Gasteiger partial charge in [0.25, 0.3) is 0 Å². The molecule has 1 N–H and O–H groups in total. The van der Waals surface area contributed by atoms with Gasteiger partial charge in [-0.25, -0.2) is 0 Å². The number of benzene rings is 1. The summed E-state index contributed by atoms with van der Waals surface area (Å²) in [6.45, 7) is 6.21. The van der Waals surface area contributed by atoms with E-state index in [0.29, 0.717) is 17.8 Å². The molecule has 3 aliphatic rings. The summed E-state index contributed by atoms with van der Waals surface area (Å²) in [6.07, 6.45) is 2.41. The van der Waals surface area contributed by atoms with Crippen molar-refractivity contribution in [1.29, 1.82) is 0 Å². The number of carbonyl (C=O) groups is 1. The number of aliphatic hydroxyl groups is 1. The predicted octanol–water partition coefficient (Wildman–Crippen LogP) is 3.60. The number of para-hydroxylation sites is 1. The second-order valence-corrected chi connectivity index (χ2v) is 8.38. The summed E-state index contributed by atoms with van der Waals surface area (Å²) in [7, 11) is 1.69. The molecule has 0 heterocycles. The molecule has 0 radical (unpaired) electrons. The van der Waals surface area contributed by atoms with Crippen molar-refractivity contribution in [3.05, 3.63) is 29.8 Å². The van der Waals surface area contributed by atoms with Gasteiger partial charge in [0.15, 0.2) is 0 Å². The molecule has 5 atom stereocenters. The van der Waals surface area contributed by atoms with Gasteiger partial charge in [-0.3, -0.25) is 4.79 Å². The Labute approximate surface area is 150 Å². The molecule has 1 aromatic carbocycles. The number of aliphatic hydroxyl groups excluding tert-OH is 1. The Bertz CT molecular complexity index is 622. The lowest BCUT2D eigenvalue weighted by Gasteiger charge is -2.61. The molecule has 4 heteroatoms. The predicted molar refractivity (Wildman–Crippen MR) is 96.4 cm³/mol. The standard InChI is InChI=1S/C21H30O4/c1-13(22)9-19(23)25-20-15(11-16-12-17(20)21(16,2)3)10-14-7-5-6-8-18(14)24-4/h5-8,13,15-17,20,22H,9-12H2,1-4H3/t13-,15+,16-,17-,20+/m0/s1. The third kappa shape index (κ3) is 3.55. The molecule has 0 aliphatic heterocycles. The Hall–Kier alpha value is -1.55. The number of esters is 1. The van der Waals surface area contributed by atoms with E-state index in [1.807, 2.05) is 18.2 Å². The zero-order valence-corrected chi connectivity index (χ0v) is 15.7. The molecule has 2 bridgehead atoms. The van der Waals surface area contributed by atoms with Gasteiger partial charge in [-0.2, -0.15) is 0 Å². The van der Waals surface area contributed by atoms with Crippen molar-refractivity contribution < 1.29 is 19.4 Å². The Morgan fingerprint density at radius 1 is 1.32 bits per heavy atom. The fraction of sp³-hybridized carbons (Fsp3) is 0.667. The molecule has 3 fully saturated rings. The van der Waals surface area contributed by atoms with Crippen LogP contribution in [0.5, 0.6) is 5.75 Å². The van der Waals surface area contributed by atoms with Crippen molar-refractivity contribution >= 4 is 5.97 Å². The zero-order chi connectivity index (χ0) is 18.2. The highest BCUT2D eigenvalue weighted by Gasteiger charge is 2.59. The second kappa shape index (κ2) is 6.99. The minimum Gasteiger partial charge on any atom is -0.496 e. The fourth-order valence-corrected chi connectivity index (χ4v) is 4.81. The molecule has 138 valence electrons. The molecular weight excluding hydrogens is 316 g/mol. The minimum absolute atomic E-state index is 0.0639. The SMILES string of the molecule is COc1ccccc1C[C@@H]1C[C@H]2C[C@@H]([C@@H]1OC(=O)C[C@H](C)O)C2(C)C. The van der Waals surface area contributed by atoms with E-state index in [4.69, 9.17) is 9.47 Å². The summed E-state index contributed by atoms with van der Waals surface area (Å²) in [5, 5.41) is 9.48. The van der Waals surface area contributed by atoms with Gasteiger partial charge in [0.05, 0.1) is 19.6 Å². The quantitative estimate of drug-likeness (QED) is 0.800. The van der Waals surface area contributed by atoms with Crippen molar-refractivity contribution in [2.75, 3.05) is 7.11 Å². The van der Waals surface area contributed by atoms with Gasteiger partial charge in [-0.05, 0) is 49.1 Å². The third-order valence-electron chi connectivity index (χ3n) is 6.40. The summed E-state index contributed by atoms with van der Waals surface area (Å²) >= 11 is 0. The first-order valence-corrected chi connectivity index (χ1v) is 9.32. The molecule has 3 saturated carbocycles. The average Bonchev–Trinajstić information content (AvgIpc) is 2.55. The number of ether oxygens (including phenoxy) is 2. The maximum absolute atomic E-state index is 12.2. The Kier molecular flexibility index (Phi) is 5.10. The molecule has 0 unspecified atom stereocenters. The molecule has 0 amide bonds. The molecule has 1 aromatic rings. The monoisotopic (exact) mass is 346 g/mol. The Morgan fingerprint density at radius 2 is 2.04 bits per heavy atom. The van der Waals surface area contributed by atoms with Crippen LogP contribution in [0.15, 0.2) is 24.3 Å². The number of methoxy groups -OCH3 is 1. The van der Waals surface area contributed by atoms with E-state index >= 15 is 0 Å². The molecule has 4 rings (SSSR count). The summed E-state index contributed by atoms with van der Waals surface area (Å²) in [5.41, 5.74) is 1.40. The topological polar surface area (TPSA) is 55.8 Å². The molecular formula is C21H30O4. The first kappa shape index (κ1) is 18.2. The van der Waals surface area contributed by atoms with E-state index in [9.17, 15) is 9.90 Å². The summed E-state index contributed by atoms with van der Waals surface area (Å²) in [4.78, 5) is 12.2. The molecule has 25 heavy (non-hydrogen) atoms. The van der Waals surface area contributed by atoms with E-state index in [0.717, 1.165) is 25.0 Å². The van der Waals surface area contributed by atoms with Crippen LogP contribution in [0.3, 0.4) is 0 Å². The van der Waals surface area contributed by atoms with Crippen molar-refractivity contribution in [3.63, 3.8) is 0 Å². The Balaban J connectivity index is 1.78. The molecule has 3 aliphatic carbocycles. The van der Waals surface area contributed by atoms with Gasteiger partial charge in [0.2, 0.25) is 0 Å². The van der Waals surface area contributed by atoms with E-state index < -0.39 is 6.10 Å². The number of hydrogen-bond acceptors (Lipinski definition) is 4. The van der Waals surface area contributed by atoms with E-state index in [-0.39, 0.29) is 23.9 Å². The number of rotatable bonds is 6. The van der Waals surface area contributed by atoms with Crippen LogP contribution in [-0.4, -0.2) is 30.4 Å². The normalized spacial score (nSPS) is 30.9. The highest BCUT2D eigenvalue weighted by molar-refractivity contribution is 5.70. The van der Waals surface area contributed by atoms with Gasteiger partial charge in [-0.15, -0.1) is 0 Å². The van der Waals surface area contributed by atoms with Crippen LogP contribution >= 0.6 is 0 Å². The number of hydrogen-bond donors (Lipinski definition) is 1. The van der Waals surface area contributed by atoms with Gasteiger partial charge in [0, 0.05) is 11.8 Å².